The highest BCUT2D eigenvalue weighted by molar-refractivity contribution is 7.92. The van der Waals surface area contributed by atoms with Crippen molar-refractivity contribution < 1.29 is 32.5 Å². The third-order valence-corrected chi connectivity index (χ3v) is 9.53. The summed E-state index contributed by atoms with van der Waals surface area (Å²) < 4.78 is 47.2. The number of rotatable bonds is 12. The molecule has 5 rings (SSSR count). The van der Waals surface area contributed by atoms with Crippen LogP contribution >= 0.6 is 0 Å². The predicted octanol–water partition coefficient (Wildman–Crippen LogP) is 5.64. The molecule has 0 aliphatic carbocycles. The summed E-state index contributed by atoms with van der Waals surface area (Å²) >= 11 is 0. The smallest absolute Gasteiger partial charge is 0.262 e. The van der Waals surface area contributed by atoms with Gasteiger partial charge in [0.2, 0.25) is 0 Å². The Kier molecular flexibility index (Phi) is 10.7. The quantitative estimate of drug-likeness (QED) is 0.201. The normalized spacial score (nSPS) is 17.2. The number of aliphatic hydroxyl groups is 1. The highest BCUT2D eigenvalue weighted by atomic mass is 32.2. The number of sulfonamides is 1. The Morgan fingerprint density at radius 2 is 1.62 bits per heavy atom. The molecular weight excluding hydrogens is 618 g/mol. The molecule has 0 aromatic heterocycles. The number of hydrogen-bond donors (Lipinski definition) is 2. The Morgan fingerprint density at radius 1 is 0.957 bits per heavy atom. The van der Waals surface area contributed by atoms with Gasteiger partial charge in [-0.3, -0.25) is 14.4 Å². The van der Waals surface area contributed by atoms with Crippen molar-refractivity contribution in [1.29, 1.82) is 0 Å². The number of nitrogens with zero attached hydrogens (tertiary/aromatic N) is 2. The number of likely N-dealkylation sites (N-methyl/N-ethyl adjacent to an activating group) is 1. The zero-order valence-electron chi connectivity index (χ0n) is 27.0. The van der Waals surface area contributed by atoms with E-state index in [4.69, 9.17) is 14.2 Å². The summed E-state index contributed by atoms with van der Waals surface area (Å²) in [6, 6.07) is 27.9. The van der Waals surface area contributed by atoms with Gasteiger partial charge in [-0.2, -0.15) is 0 Å². The largest absolute Gasteiger partial charge is 0.497 e. The number of methoxy groups -OCH3 is 1. The molecule has 2 N–H and O–H groups in total. The van der Waals surface area contributed by atoms with Gasteiger partial charge in [0.25, 0.3) is 15.9 Å². The number of fused-ring (bicyclic) bond motifs is 1. The van der Waals surface area contributed by atoms with E-state index in [9.17, 15) is 18.3 Å². The maximum atomic E-state index is 13.8. The summed E-state index contributed by atoms with van der Waals surface area (Å²) in [6.07, 6.45) is -0.424. The molecule has 1 aliphatic heterocycles. The summed E-state index contributed by atoms with van der Waals surface area (Å²) in [5, 5.41) is 10.0. The van der Waals surface area contributed by atoms with Crippen LogP contribution in [0.5, 0.6) is 23.0 Å². The fourth-order valence-electron chi connectivity index (χ4n) is 5.47. The fourth-order valence-corrected chi connectivity index (χ4v) is 6.53. The SMILES string of the molecule is COc1ccc(S(=O)(=O)Nc2cccc3c2O[C@@H](CN(C)Cc2ccc(Oc4ccccc4)cc2)[C@@H](C)CN([C@H](C)CO)C3=O)cc1. The molecule has 0 radical (unpaired) electrons. The number of para-hydroxylation sites is 2. The molecule has 0 saturated carbocycles. The first-order valence-corrected chi connectivity index (χ1v) is 16.9. The summed E-state index contributed by atoms with van der Waals surface area (Å²) in [5.41, 5.74) is 1.44. The van der Waals surface area contributed by atoms with E-state index in [1.807, 2.05) is 68.6 Å². The summed E-state index contributed by atoms with van der Waals surface area (Å²) in [7, 11) is -0.541. The number of nitrogens with one attached hydrogen (secondary N) is 1. The van der Waals surface area contributed by atoms with Crippen molar-refractivity contribution in [3.8, 4) is 23.0 Å². The van der Waals surface area contributed by atoms with Crippen LogP contribution < -0.4 is 18.9 Å². The summed E-state index contributed by atoms with van der Waals surface area (Å²) in [5.74, 6) is 1.68. The Hall–Kier alpha value is -4.58. The minimum Gasteiger partial charge on any atom is -0.497 e. The van der Waals surface area contributed by atoms with Crippen molar-refractivity contribution in [3.63, 3.8) is 0 Å². The third-order valence-electron chi connectivity index (χ3n) is 8.15. The van der Waals surface area contributed by atoms with Gasteiger partial charge < -0.3 is 24.2 Å². The first-order chi connectivity index (χ1) is 22.6. The molecule has 0 saturated heterocycles. The molecule has 11 heteroatoms. The van der Waals surface area contributed by atoms with Gasteiger partial charge in [0.05, 0.1) is 35.9 Å². The van der Waals surface area contributed by atoms with Crippen LogP contribution in [0.4, 0.5) is 5.69 Å². The zero-order valence-corrected chi connectivity index (χ0v) is 27.8. The van der Waals surface area contributed by atoms with Crippen LogP contribution in [-0.4, -0.2) is 75.2 Å². The second-order valence-corrected chi connectivity index (χ2v) is 13.5. The molecule has 4 aromatic rings. The van der Waals surface area contributed by atoms with Gasteiger partial charge in [-0.15, -0.1) is 0 Å². The highest BCUT2D eigenvalue weighted by Crippen LogP contribution is 2.36. The fraction of sp³-hybridized carbons (Fsp3) is 0.306. The number of carbonyl (C=O) groups excluding carboxylic acids is 1. The van der Waals surface area contributed by atoms with Crippen LogP contribution in [0.2, 0.25) is 0 Å². The van der Waals surface area contributed by atoms with Crippen molar-refractivity contribution in [2.45, 2.75) is 37.4 Å². The van der Waals surface area contributed by atoms with Gasteiger partial charge >= 0.3 is 0 Å². The van der Waals surface area contributed by atoms with Gasteiger partial charge in [0.15, 0.2) is 5.75 Å². The van der Waals surface area contributed by atoms with Gasteiger partial charge in [-0.25, -0.2) is 8.42 Å². The van der Waals surface area contributed by atoms with Crippen molar-refractivity contribution in [3.05, 3.63) is 108 Å². The van der Waals surface area contributed by atoms with Crippen LogP contribution in [0.25, 0.3) is 0 Å². The number of aliphatic hydroxyl groups excluding tert-OH is 1. The summed E-state index contributed by atoms with van der Waals surface area (Å²) in [6.45, 7) is 5.02. The van der Waals surface area contributed by atoms with Gasteiger partial charge in [0.1, 0.15) is 23.4 Å². The summed E-state index contributed by atoms with van der Waals surface area (Å²) in [4.78, 5) is 17.6. The van der Waals surface area contributed by atoms with Crippen LogP contribution in [0.1, 0.15) is 29.8 Å². The lowest BCUT2D eigenvalue weighted by Crippen LogP contribution is -2.49. The van der Waals surface area contributed by atoms with Gasteiger partial charge in [-0.05, 0) is 80.2 Å². The molecule has 1 heterocycles. The number of anilines is 1. The Labute approximate surface area is 276 Å². The highest BCUT2D eigenvalue weighted by Gasteiger charge is 2.35. The van der Waals surface area contributed by atoms with Crippen molar-refractivity contribution in [2.75, 3.05) is 38.6 Å². The maximum absolute atomic E-state index is 13.8. The number of hydrogen-bond acceptors (Lipinski definition) is 8. The lowest BCUT2D eigenvalue weighted by molar-refractivity contribution is 0.0344. The van der Waals surface area contributed by atoms with E-state index in [0.29, 0.717) is 25.4 Å². The molecular formula is C36H41N3O7S. The predicted molar refractivity (Wildman–Crippen MR) is 181 cm³/mol. The second-order valence-electron chi connectivity index (χ2n) is 11.8. The topological polar surface area (TPSA) is 118 Å². The number of ether oxygens (including phenoxy) is 3. The van der Waals surface area contributed by atoms with Gasteiger partial charge in [-0.1, -0.05) is 43.3 Å². The molecule has 248 valence electrons. The average Bonchev–Trinajstić information content (AvgIpc) is 3.07. The molecule has 3 atom stereocenters. The lowest BCUT2D eigenvalue weighted by atomic mass is 9.99. The molecule has 47 heavy (non-hydrogen) atoms. The first-order valence-electron chi connectivity index (χ1n) is 15.5. The first kappa shape index (κ1) is 33.8. The van der Waals surface area contributed by atoms with Gasteiger partial charge in [0, 0.05) is 25.6 Å². The molecule has 0 spiro atoms. The Bertz CT molecular complexity index is 1750. The molecule has 1 aliphatic rings. The molecule has 0 unspecified atom stereocenters. The van der Waals surface area contributed by atoms with E-state index >= 15 is 0 Å². The minimum absolute atomic E-state index is 0.0356. The monoisotopic (exact) mass is 659 g/mol. The molecule has 1 amide bonds. The Morgan fingerprint density at radius 3 is 2.28 bits per heavy atom. The van der Waals surface area contributed by atoms with E-state index in [-0.39, 0.29) is 40.3 Å². The molecule has 0 fully saturated rings. The minimum atomic E-state index is -4.03. The lowest BCUT2D eigenvalue weighted by Gasteiger charge is -2.38. The van der Waals surface area contributed by atoms with E-state index in [1.165, 1.54) is 19.2 Å². The third kappa shape index (κ3) is 8.23. The van der Waals surface area contributed by atoms with E-state index in [0.717, 1.165) is 17.1 Å². The zero-order chi connectivity index (χ0) is 33.6. The van der Waals surface area contributed by atoms with Crippen LogP contribution in [0, 0.1) is 5.92 Å². The van der Waals surface area contributed by atoms with E-state index < -0.39 is 22.2 Å². The van der Waals surface area contributed by atoms with Crippen molar-refractivity contribution >= 4 is 21.6 Å². The van der Waals surface area contributed by atoms with Crippen molar-refractivity contribution in [1.82, 2.24) is 9.80 Å². The number of amides is 1. The van der Waals surface area contributed by atoms with Crippen LogP contribution in [0.15, 0.2) is 102 Å². The molecule has 0 bridgehead atoms. The molecule has 10 nitrogen and oxygen atoms in total. The second kappa shape index (κ2) is 14.9. The van der Waals surface area contributed by atoms with Crippen molar-refractivity contribution in [2.24, 2.45) is 5.92 Å². The average molecular weight is 660 g/mol. The Balaban J connectivity index is 1.39. The number of benzene rings is 4. The maximum Gasteiger partial charge on any atom is 0.262 e. The van der Waals surface area contributed by atoms with E-state index in [2.05, 4.69) is 9.62 Å². The van der Waals surface area contributed by atoms with Crippen LogP contribution in [-0.2, 0) is 16.6 Å². The number of carbonyl (C=O) groups is 1. The van der Waals surface area contributed by atoms with E-state index in [1.54, 1.807) is 42.2 Å². The van der Waals surface area contributed by atoms with Crippen LogP contribution in [0.3, 0.4) is 0 Å². The standard InChI is InChI=1S/C36H41N3O7S/c1-25-21-39(26(2)24-40)36(41)32-11-8-12-33(37-47(42,43)31-19-17-28(44-4)18-20-31)35(32)46-34(25)23-38(3)22-27-13-15-30(16-14-27)45-29-9-6-5-7-10-29/h5-20,25-26,34,37,40H,21-24H2,1-4H3/t25-,26+,34-/m0/s1. The molecule has 4 aromatic carbocycles.